The SMILES string of the molecule is [C-]#[N+]CCC(Cl)(Cl)C(Cl)(Cl)[N+]#[C-]. The Kier molecular flexibility index (Phi) is 4.45. The van der Waals surface area contributed by atoms with Gasteiger partial charge in [-0.3, -0.25) is 4.85 Å². The van der Waals surface area contributed by atoms with Crippen LogP contribution in [0, 0.1) is 13.1 Å². The van der Waals surface area contributed by atoms with Crippen molar-refractivity contribution >= 4 is 46.4 Å². The van der Waals surface area contributed by atoms with E-state index in [1.54, 1.807) is 0 Å². The van der Waals surface area contributed by atoms with E-state index in [2.05, 4.69) is 9.69 Å². The van der Waals surface area contributed by atoms with Crippen molar-refractivity contribution in [3.63, 3.8) is 0 Å². The van der Waals surface area contributed by atoms with E-state index < -0.39 is 8.79 Å². The second-order valence-electron chi connectivity index (χ2n) is 1.99. The molecule has 0 N–H and O–H groups in total. The Balaban J connectivity index is 4.43. The second kappa shape index (κ2) is 4.40. The molecule has 0 heterocycles. The van der Waals surface area contributed by atoms with Crippen LogP contribution in [0.25, 0.3) is 9.69 Å². The van der Waals surface area contributed by atoms with Gasteiger partial charge in [-0.2, -0.15) is 0 Å². The topological polar surface area (TPSA) is 8.72 Å². The molecular formula is C6H4Cl4N2. The normalized spacial score (nSPS) is 11.8. The van der Waals surface area contributed by atoms with Gasteiger partial charge < -0.3 is 4.85 Å². The molecule has 12 heavy (non-hydrogen) atoms. The van der Waals surface area contributed by atoms with Crippen LogP contribution in [0.4, 0.5) is 0 Å². The summed E-state index contributed by atoms with van der Waals surface area (Å²) in [5.74, 6) is 0. The minimum Gasteiger partial charge on any atom is -0.317 e. The number of alkyl halides is 4. The summed E-state index contributed by atoms with van der Waals surface area (Å²) in [5.41, 5.74) is 0. The van der Waals surface area contributed by atoms with Crippen LogP contribution in [-0.2, 0) is 0 Å². The fourth-order valence-electron chi connectivity index (χ4n) is 0.428. The minimum absolute atomic E-state index is 0.0645. The predicted molar refractivity (Wildman–Crippen MR) is 51.6 cm³/mol. The summed E-state index contributed by atoms with van der Waals surface area (Å²) in [5, 5.41) is 0. The van der Waals surface area contributed by atoms with E-state index in [0.29, 0.717) is 0 Å². The Bertz CT molecular complexity index is 235. The maximum atomic E-state index is 6.61. The van der Waals surface area contributed by atoms with Crippen LogP contribution in [0.3, 0.4) is 0 Å². The third-order valence-electron chi connectivity index (χ3n) is 1.12. The molecule has 0 aliphatic rings. The average molecular weight is 246 g/mol. The first-order valence-electron chi connectivity index (χ1n) is 2.85. The lowest BCUT2D eigenvalue weighted by Gasteiger charge is -2.19. The van der Waals surface area contributed by atoms with E-state index >= 15 is 0 Å². The number of halogens is 4. The van der Waals surface area contributed by atoms with E-state index in [1.807, 2.05) is 0 Å². The molecule has 0 spiro atoms. The van der Waals surface area contributed by atoms with Gasteiger partial charge in [-0.05, 0) is 23.2 Å². The van der Waals surface area contributed by atoms with Crippen LogP contribution < -0.4 is 0 Å². The Morgan fingerprint density at radius 3 is 1.92 bits per heavy atom. The average Bonchev–Trinajstić information content (AvgIpc) is 2.00. The monoisotopic (exact) mass is 244 g/mol. The van der Waals surface area contributed by atoms with Gasteiger partial charge in [0, 0.05) is 0 Å². The van der Waals surface area contributed by atoms with Crippen LogP contribution >= 0.6 is 46.4 Å². The molecule has 0 bridgehead atoms. The highest BCUT2D eigenvalue weighted by molar-refractivity contribution is 6.63. The molecule has 2 nitrogen and oxygen atoms in total. The lowest BCUT2D eigenvalue weighted by Crippen LogP contribution is -2.33. The van der Waals surface area contributed by atoms with Crippen molar-refractivity contribution in [2.45, 2.75) is 15.2 Å². The summed E-state index contributed by atoms with van der Waals surface area (Å²) >= 11 is 22.3. The maximum Gasteiger partial charge on any atom is 0.415 e. The van der Waals surface area contributed by atoms with Gasteiger partial charge in [0.25, 0.3) is 0 Å². The van der Waals surface area contributed by atoms with E-state index in [9.17, 15) is 0 Å². The molecule has 0 atom stereocenters. The lowest BCUT2D eigenvalue weighted by atomic mass is 10.3. The predicted octanol–water partition coefficient (Wildman–Crippen LogP) is 3.52. The van der Waals surface area contributed by atoms with Gasteiger partial charge in [0.05, 0.1) is 6.42 Å². The van der Waals surface area contributed by atoms with Gasteiger partial charge in [0.1, 0.15) is 0 Å². The molecule has 0 saturated carbocycles. The maximum absolute atomic E-state index is 6.61. The Hall–Kier alpha value is 0.140. The summed E-state index contributed by atoms with van der Waals surface area (Å²) in [7, 11) is 0. The van der Waals surface area contributed by atoms with Crippen LogP contribution in [0.5, 0.6) is 0 Å². The van der Waals surface area contributed by atoms with E-state index in [1.165, 1.54) is 0 Å². The zero-order valence-electron chi connectivity index (χ0n) is 5.82. The van der Waals surface area contributed by atoms with Gasteiger partial charge in [-0.25, -0.2) is 13.1 Å². The van der Waals surface area contributed by atoms with Gasteiger partial charge in [-0.1, -0.05) is 23.2 Å². The number of rotatable bonds is 3. The Morgan fingerprint density at radius 1 is 1.08 bits per heavy atom. The van der Waals surface area contributed by atoms with Crippen LogP contribution in [0.2, 0.25) is 0 Å². The molecule has 0 saturated heterocycles. The molecule has 0 rings (SSSR count). The zero-order chi connectivity index (χ0) is 9.83. The first-order valence-corrected chi connectivity index (χ1v) is 4.36. The minimum atomic E-state index is -1.89. The van der Waals surface area contributed by atoms with E-state index in [0.717, 1.165) is 0 Å². The number of hydrogen-bond acceptors (Lipinski definition) is 0. The zero-order valence-corrected chi connectivity index (χ0v) is 8.84. The fourth-order valence-corrected chi connectivity index (χ4v) is 0.871. The standard InChI is InChI=1S/C6H4Cl4N2/c1-11-4-3-5(7,8)6(9,10)12-2/h3-4H2. The number of nitrogens with zero attached hydrogens (tertiary/aromatic N) is 2. The summed E-state index contributed by atoms with van der Waals surface area (Å²) in [6.45, 7) is 13.2. The van der Waals surface area contributed by atoms with Crippen molar-refractivity contribution in [2.75, 3.05) is 6.54 Å². The summed E-state index contributed by atoms with van der Waals surface area (Å²) in [6.07, 6.45) is 0.0645. The molecule has 0 fully saturated rings. The third-order valence-corrected chi connectivity index (χ3v) is 3.24. The van der Waals surface area contributed by atoms with Gasteiger partial charge in [0.15, 0.2) is 0 Å². The van der Waals surface area contributed by atoms with Crippen LogP contribution in [-0.4, -0.2) is 15.3 Å². The van der Waals surface area contributed by atoms with Crippen LogP contribution in [0.1, 0.15) is 6.42 Å². The fraction of sp³-hybridized carbons (Fsp3) is 0.667. The van der Waals surface area contributed by atoms with Crippen LogP contribution in [0.15, 0.2) is 0 Å². The molecule has 0 aromatic carbocycles. The molecule has 0 aromatic rings. The highest BCUT2D eigenvalue weighted by atomic mass is 35.5. The Labute approximate surface area is 91.0 Å². The van der Waals surface area contributed by atoms with Crippen molar-refractivity contribution < 1.29 is 0 Å². The smallest absolute Gasteiger partial charge is 0.317 e. The molecule has 66 valence electrons. The molecule has 0 radical (unpaired) electrons. The van der Waals surface area contributed by atoms with Crippen molar-refractivity contribution in [2.24, 2.45) is 0 Å². The molecule has 0 aliphatic carbocycles. The number of hydrogen-bond donors (Lipinski definition) is 0. The van der Waals surface area contributed by atoms with E-state index in [4.69, 9.17) is 59.5 Å². The molecule has 6 heteroatoms. The summed E-state index contributed by atoms with van der Waals surface area (Å²) in [6, 6.07) is 0. The van der Waals surface area contributed by atoms with Crippen molar-refractivity contribution in [3.05, 3.63) is 22.8 Å². The highest BCUT2D eigenvalue weighted by Gasteiger charge is 2.54. The molecule has 0 aliphatic heterocycles. The van der Waals surface area contributed by atoms with Crippen molar-refractivity contribution in [1.29, 1.82) is 0 Å². The molecular weight excluding hydrogens is 242 g/mol. The van der Waals surface area contributed by atoms with Gasteiger partial charge in [0.2, 0.25) is 10.9 Å². The van der Waals surface area contributed by atoms with Crippen molar-refractivity contribution in [1.82, 2.24) is 0 Å². The second-order valence-corrected chi connectivity index (χ2v) is 4.76. The lowest BCUT2D eigenvalue weighted by molar-refractivity contribution is 0.704. The van der Waals surface area contributed by atoms with Gasteiger partial charge in [-0.15, -0.1) is 0 Å². The first-order chi connectivity index (χ1) is 5.37. The summed E-state index contributed by atoms with van der Waals surface area (Å²) in [4.78, 5) is 5.89. The molecule has 0 unspecified atom stereocenters. The highest BCUT2D eigenvalue weighted by Crippen LogP contribution is 2.46. The van der Waals surface area contributed by atoms with Crippen molar-refractivity contribution in [3.8, 4) is 0 Å². The largest absolute Gasteiger partial charge is 0.415 e. The third kappa shape index (κ3) is 2.88. The molecule has 0 aromatic heterocycles. The molecule has 0 amide bonds. The summed E-state index contributed by atoms with van der Waals surface area (Å²) < 4.78 is -3.48. The van der Waals surface area contributed by atoms with E-state index in [-0.39, 0.29) is 13.0 Å². The first kappa shape index (κ1) is 12.1. The Morgan fingerprint density at radius 2 is 1.58 bits per heavy atom. The quantitative estimate of drug-likeness (QED) is 0.409. The van der Waals surface area contributed by atoms with Gasteiger partial charge >= 0.3 is 4.46 Å².